The van der Waals surface area contributed by atoms with Crippen LogP contribution in [0.3, 0.4) is 0 Å². The molecule has 0 aliphatic carbocycles. The van der Waals surface area contributed by atoms with E-state index in [-0.39, 0.29) is 30.3 Å². The van der Waals surface area contributed by atoms with Crippen LogP contribution in [0.5, 0.6) is 0 Å². The van der Waals surface area contributed by atoms with E-state index in [1.54, 1.807) is 17.9 Å². The van der Waals surface area contributed by atoms with Crippen LogP contribution in [-0.4, -0.2) is 58.3 Å². The minimum absolute atomic E-state index is 0.0883. The van der Waals surface area contributed by atoms with Gasteiger partial charge in [0, 0.05) is 18.8 Å². The van der Waals surface area contributed by atoms with Crippen molar-refractivity contribution in [2.24, 2.45) is 0 Å². The van der Waals surface area contributed by atoms with E-state index in [1.165, 1.54) is 0 Å². The molecule has 1 aromatic heterocycles. The molecular weight excluding hydrogens is 236 g/mol. The molecular formula is C11H16N4O3. The Bertz CT molecular complexity index is 432. The number of amides is 1. The zero-order chi connectivity index (χ0) is 13.1. The third-order valence-electron chi connectivity index (χ3n) is 2.72. The van der Waals surface area contributed by atoms with Gasteiger partial charge in [0.15, 0.2) is 0 Å². The summed E-state index contributed by atoms with van der Waals surface area (Å²) in [4.78, 5) is 21.7. The lowest BCUT2D eigenvalue weighted by Gasteiger charge is -2.31. The smallest absolute Gasteiger partial charge is 0.272 e. The Morgan fingerprint density at radius 3 is 3.11 bits per heavy atom. The normalized spacial score (nSPS) is 19.9. The number of aryl methyl sites for hydroxylation is 1. The van der Waals surface area contributed by atoms with E-state index in [0.29, 0.717) is 25.4 Å². The molecule has 0 radical (unpaired) electrons. The first-order valence-corrected chi connectivity index (χ1v) is 5.73. The number of nitrogen functional groups attached to an aromatic ring is 1. The van der Waals surface area contributed by atoms with Gasteiger partial charge in [-0.2, -0.15) is 0 Å². The van der Waals surface area contributed by atoms with E-state index in [0.717, 1.165) is 0 Å². The first kappa shape index (κ1) is 12.7. The van der Waals surface area contributed by atoms with Crippen molar-refractivity contribution in [2.45, 2.75) is 13.0 Å². The Hall–Kier alpha value is -1.73. The summed E-state index contributed by atoms with van der Waals surface area (Å²) in [5, 5.41) is 9.04. The second-order valence-corrected chi connectivity index (χ2v) is 4.18. The lowest BCUT2D eigenvalue weighted by atomic mass is 10.2. The number of carbonyl (C=O) groups is 1. The van der Waals surface area contributed by atoms with Gasteiger partial charge in [0.1, 0.15) is 5.69 Å². The van der Waals surface area contributed by atoms with Crippen molar-refractivity contribution in [3.63, 3.8) is 0 Å². The van der Waals surface area contributed by atoms with Gasteiger partial charge < -0.3 is 20.5 Å². The number of carbonyl (C=O) groups excluding carboxylic acids is 1. The summed E-state index contributed by atoms with van der Waals surface area (Å²) in [6.45, 7) is 2.91. The summed E-state index contributed by atoms with van der Waals surface area (Å²) < 4.78 is 5.29. The van der Waals surface area contributed by atoms with E-state index in [1.807, 2.05) is 0 Å². The molecule has 3 N–H and O–H groups in total. The molecule has 0 aromatic carbocycles. The fourth-order valence-corrected chi connectivity index (χ4v) is 1.88. The molecule has 1 aromatic rings. The zero-order valence-electron chi connectivity index (χ0n) is 10.2. The third-order valence-corrected chi connectivity index (χ3v) is 2.72. The molecule has 1 amide bonds. The predicted molar refractivity (Wildman–Crippen MR) is 63.9 cm³/mol. The molecule has 1 saturated heterocycles. The highest BCUT2D eigenvalue weighted by Crippen LogP contribution is 2.10. The average molecular weight is 252 g/mol. The average Bonchev–Trinajstić information content (AvgIpc) is 2.37. The van der Waals surface area contributed by atoms with Gasteiger partial charge in [-0.15, -0.1) is 0 Å². The fraction of sp³-hybridized carbons (Fsp3) is 0.545. The maximum absolute atomic E-state index is 12.2. The van der Waals surface area contributed by atoms with Gasteiger partial charge in [0.25, 0.3) is 5.91 Å². The van der Waals surface area contributed by atoms with Crippen LogP contribution >= 0.6 is 0 Å². The minimum Gasteiger partial charge on any atom is -0.394 e. The quantitative estimate of drug-likeness (QED) is 0.714. The molecule has 18 heavy (non-hydrogen) atoms. The lowest BCUT2D eigenvalue weighted by molar-refractivity contribution is -0.0448. The topological polar surface area (TPSA) is 102 Å². The molecule has 1 aliphatic heterocycles. The summed E-state index contributed by atoms with van der Waals surface area (Å²) in [7, 11) is 0. The molecule has 1 atom stereocenters. The maximum atomic E-state index is 12.2. The van der Waals surface area contributed by atoms with Crippen LogP contribution in [0.2, 0.25) is 0 Å². The first-order valence-electron chi connectivity index (χ1n) is 5.73. The molecule has 2 heterocycles. The maximum Gasteiger partial charge on any atom is 0.272 e. The molecule has 1 unspecified atom stereocenters. The van der Waals surface area contributed by atoms with Crippen LogP contribution in [0.15, 0.2) is 6.07 Å². The number of hydrogen-bond acceptors (Lipinski definition) is 6. The van der Waals surface area contributed by atoms with Crippen molar-refractivity contribution >= 4 is 11.9 Å². The fourth-order valence-electron chi connectivity index (χ4n) is 1.88. The molecule has 7 nitrogen and oxygen atoms in total. The summed E-state index contributed by atoms with van der Waals surface area (Å²) in [5.74, 6) is -0.126. The van der Waals surface area contributed by atoms with Gasteiger partial charge in [0.2, 0.25) is 5.95 Å². The number of anilines is 1. The standard InChI is InChI=1S/C11H16N4O3/c1-7-4-9(14-11(12)13-7)10(17)15-2-3-18-8(5-15)6-16/h4,8,16H,2-3,5-6H2,1H3,(H2,12,13,14). The molecule has 7 heteroatoms. The van der Waals surface area contributed by atoms with Gasteiger partial charge >= 0.3 is 0 Å². The van der Waals surface area contributed by atoms with Crippen molar-refractivity contribution in [2.75, 3.05) is 32.0 Å². The van der Waals surface area contributed by atoms with Gasteiger partial charge in [-0.05, 0) is 13.0 Å². The van der Waals surface area contributed by atoms with Gasteiger partial charge in [0.05, 0.1) is 19.3 Å². The number of nitrogens with two attached hydrogens (primary N) is 1. The number of aliphatic hydroxyl groups is 1. The first-order chi connectivity index (χ1) is 8.60. The highest BCUT2D eigenvalue weighted by Gasteiger charge is 2.25. The Morgan fingerprint density at radius 2 is 2.44 bits per heavy atom. The van der Waals surface area contributed by atoms with Crippen LogP contribution in [0.4, 0.5) is 5.95 Å². The van der Waals surface area contributed by atoms with Crippen molar-refractivity contribution in [3.8, 4) is 0 Å². The van der Waals surface area contributed by atoms with E-state index in [2.05, 4.69) is 9.97 Å². The van der Waals surface area contributed by atoms with E-state index < -0.39 is 0 Å². The number of morpholine rings is 1. The lowest BCUT2D eigenvalue weighted by Crippen LogP contribution is -2.47. The van der Waals surface area contributed by atoms with Crippen LogP contribution in [-0.2, 0) is 4.74 Å². The molecule has 0 bridgehead atoms. The predicted octanol–water partition coefficient (Wildman–Crippen LogP) is -0.799. The Balaban J connectivity index is 2.15. The highest BCUT2D eigenvalue weighted by molar-refractivity contribution is 5.92. The number of ether oxygens (including phenoxy) is 1. The van der Waals surface area contributed by atoms with E-state index >= 15 is 0 Å². The summed E-state index contributed by atoms with van der Waals surface area (Å²) in [5.41, 5.74) is 6.45. The van der Waals surface area contributed by atoms with Gasteiger partial charge in [-0.1, -0.05) is 0 Å². The van der Waals surface area contributed by atoms with Crippen molar-refractivity contribution < 1.29 is 14.6 Å². The van der Waals surface area contributed by atoms with E-state index in [9.17, 15) is 4.79 Å². The second-order valence-electron chi connectivity index (χ2n) is 4.18. The zero-order valence-corrected chi connectivity index (χ0v) is 10.2. The molecule has 1 aliphatic rings. The monoisotopic (exact) mass is 252 g/mol. The number of nitrogens with zero attached hydrogens (tertiary/aromatic N) is 3. The third kappa shape index (κ3) is 2.74. The molecule has 2 rings (SSSR count). The van der Waals surface area contributed by atoms with Crippen LogP contribution in [0.25, 0.3) is 0 Å². The number of aromatic nitrogens is 2. The summed E-state index contributed by atoms with van der Waals surface area (Å²) >= 11 is 0. The van der Waals surface area contributed by atoms with Crippen LogP contribution in [0, 0.1) is 6.92 Å². The van der Waals surface area contributed by atoms with Crippen LogP contribution in [0.1, 0.15) is 16.2 Å². The van der Waals surface area contributed by atoms with Crippen molar-refractivity contribution in [1.82, 2.24) is 14.9 Å². The molecule has 98 valence electrons. The minimum atomic E-state index is -0.331. The summed E-state index contributed by atoms with van der Waals surface area (Å²) in [6, 6.07) is 1.60. The van der Waals surface area contributed by atoms with Gasteiger partial charge in [-0.3, -0.25) is 4.79 Å². The molecule has 0 spiro atoms. The SMILES string of the molecule is Cc1cc(C(=O)N2CCOC(CO)C2)nc(N)n1. The highest BCUT2D eigenvalue weighted by atomic mass is 16.5. The molecule has 0 saturated carbocycles. The second kappa shape index (κ2) is 5.28. The van der Waals surface area contributed by atoms with Gasteiger partial charge in [-0.25, -0.2) is 9.97 Å². The van der Waals surface area contributed by atoms with Crippen LogP contribution < -0.4 is 5.73 Å². The van der Waals surface area contributed by atoms with Crippen molar-refractivity contribution in [1.29, 1.82) is 0 Å². The Labute approximate surface area is 105 Å². The largest absolute Gasteiger partial charge is 0.394 e. The Kier molecular flexibility index (Phi) is 3.73. The van der Waals surface area contributed by atoms with E-state index in [4.69, 9.17) is 15.6 Å². The van der Waals surface area contributed by atoms with Crippen molar-refractivity contribution in [3.05, 3.63) is 17.5 Å². The molecule has 1 fully saturated rings. The number of aliphatic hydroxyl groups excluding tert-OH is 1. The summed E-state index contributed by atoms with van der Waals surface area (Å²) in [6.07, 6.45) is -0.331. The Morgan fingerprint density at radius 1 is 1.67 bits per heavy atom. The number of hydrogen-bond donors (Lipinski definition) is 2. The number of rotatable bonds is 2.